The number of nitrogens with zero attached hydrogens (tertiary/aromatic N) is 4. The van der Waals surface area contributed by atoms with Crippen molar-refractivity contribution in [3.05, 3.63) is 53.9 Å². The predicted octanol–water partition coefficient (Wildman–Crippen LogP) is 7.41. The van der Waals surface area contributed by atoms with Gasteiger partial charge in [-0.2, -0.15) is 0 Å². The summed E-state index contributed by atoms with van der Waals surface area (Å²) in [6.07, 6.45) is 4.52. The molecule has 2 aliphatic heterocycles. The van der Waals surface area contributed by atoms with Crippen molar-refractivity contribution in [3.63, 3.8) is 0 Å². The maximum Gasteiger partial charge on any atom is 0.203 e. The molecule has 4 heterocycles. The first-order chi connectivity index (χ1) is 14.4. The molecule has 6 rings (SSSR count). The molecule has 2 aromatic carbocycles. The number of rotatable bonds is 0. The lowest BCUT2D eigenvalue weighted by Gasteiger charge is -2.18. The fourth-order valence-electron chi connectivity index (χ4n) is 4.59. The van der Waals surface area contributed by atoms with E-state index in [2.05, 4.69) is 76.9 Å². The van der Waals surface area contributed by atoms with Crippen LogP contribution in [0.15, 0.2) is 21.1 Å². The van der Waals surface area contributed by atoms with Crippen LogP contribution in [0.2, 0.25) is 10.6 Å². The molecule has 0 radical (unpaired) electrons. The number of hydrogen-bond acceptors (Lipinski definition) is 2. The molecule has 0 spiro atoms. The molecule has 0 saturated carbocycles. The summed E-state index contributed by atoms with van der Waals surface area (Å²) in [5.74, 6) is 0. The Morgan fingerprint density at radius 1 is 0.833 bits per heavy atom. The zero-order valence-electron chi connectivity index (χ0n) is 16.7. The van der Waals surface area contributed by atoms with Crippen molar-refractivity contribution < 1.29 is 0 Å². The Balaban J connectivity index is 0.000000130. The quantitative estimate of drug-likeness (QED) is 0.221. The van der Waals surface area contributed by atoms with Gasteiger partial charge < -0.3 is 9.13 Å². The van der Waals surface area contributed by atoms with E-state index in [1.165, 1.54) is 34.1 Å². The van der Waals surface area contributed by atoms with E-state index in [0.717, 1.165) is 57.9 Å². The van der Waals surface area contributed by atoms with Crippen molar-refractivity contribution in [1.29, 1.82) is 0 Å². The molecule has 0 N–H and O–H groups in total. The molecular formula is C22H20Br2Cl2N4. The second-order valence-corrected chi connectivity index (χ2v) is 10.2. The highest BCUT2D eigenvalue weighted by Crippen LogP contribution is 2.40. The highest BCUT2D eigenvalue weighted by Gasteiger charge is 2.23. The van der Waals surface area contributed by atoms with Crippen molar-refractivity contribution in [2.45, 2.75) is 52.6 Å². The molecule has 156 valence electrons. The lowest BCUT2D eigenvalue weighted by Crippen LogP contribution is -2.08. The third-order valence-electron chi connectivity index (χ3n) is 6.12. The van der Waals surface area contributed by atoms with Gasteiger partial charge in [0, 0.05) is 22.0 Å². The van der Waals surface area contributed by atoms with E-state index in [-0.39, 0.29) is 0 Å². The first-order valence-electron chi connectivity index (χ1n) is 10.0. The first-order valence-corrected chi connectivity index (χ1v) is 12.4. The summed E-state index contributed by atoms with van der Waals surface area (Å²) in [5.41, 5.74) is 9.61. The average Bonchev–Trinajstić information content (AvgIpc) is 3.28. The molecule has 0 atom stereocenters. The van der Waals surface area contributed by atoms with Crippen LogP contribution >= 0.6 is 55.1 Å². The normalized spacial score (nSPS) is 14.9. The van der Waals surface area contributed by atoms with Crippen LogP contribution in [0.1, 0.15) is 35.1 Å². The Morgan fingerprint density at radius 2 is 1.47 bits per heavy atom. The maximum absolute atomic E-state index is 6.17. The van der Waals surface area contributed by atoms with Crippen LogP contribution in [0.4, 0.5) is 0 Å². The summed E-state index contributed by atoms with van der Waals surface area (Å²) >= 11 is 19.5. The van der Waals surface area contributed by atoms with Gasteiger partial charge >= 0.3 is 0 Å². The van der Waals surface area contributed by atoms with E-state index >= 15 is 0 Å². The van der Waals surface area contributed by atoms with Crippen LogP contribution in [-0.2, 0) is 25.9 Å². The van der Waals surface area contributed by atoms with Gasteiger partial charge in [-0.1, -0.05) is 12.1 Å². The number of aromatic nitrogens is 4. The molecule has 2 aromatic heterocycles. The smallest absolute Gasteiger partial charge is 0.203 e. The van der Waals surface area contributed by atoms with Crippen LogP contribution in [-0.4, -0.2) is 19.1 Å². The average molecular weight is 571 g/mol. The Morgan fingerprint density at radius 3 is 2.20 bits per heavy atom. The van der Waals surface area contributed by atoms with E-state index in [9.17, 15) is 0 Å². The van der Waals surface area contributed by atoms with Gasteiger partial charge in [-0.05, 0) is 117 Å². The standard InChI is InChI=1S/C11H9Br2ClN2.C11H11ClN2/c1-5-7(12)8(13)6-3-2-4-16-10(6)9(5)15-11(16)14;1-7-4-5-8-3-2-6-14-10(8)9(7)13-11(14)12/h2-4H2,1H3;4-5H,2-3,6H2,1H3. The van der Waals surface area contributed by atoms with Crippen LogP contribution in [0.25, 0.3) is 22.1 Å². The zero-order valence-corrected chi connectivity index (χ0v) is 21.4. The lowest BCUT2D eigenvalue weighted by molar-refractivity contribution is 0.631. The van der Waals surface area contributed by atoms with Crippen molar-refractivity contribution in [2.75, 3.05) is 0 Å². The monoisotopic (exact) mass is 568 g/mol. The largest absolute Gasteiger partial charge is 0.314 e. The van der Waals surface area contributed by atoms with Crippen molar-refractivity contribution in [3.8, 4) is 0 Å². The van der Waals surface area contributed by atoms with Crippen LogP contribution < -0.4 is 0 Å². The number of benzene rings is 2. The highest BCUT2D eigenvalue weighted by atomic mass is 79.9. The maximum atomic E-state index is 6.17. The van der Waals surface area contributed by atoms with E-state index in [4.69, 9.17) is 23.2 Å². The minimum absolute atomic E-state index is 0.601. The van der Waals surface area contributed by atoms with Gasteiger partial charge in [0.1, 0.15) is 0 Å². The molecule has 0 bridgehead atoms. The van der Waals surface area contributed by atoms with Gasteiger partial charge in [0.15, 0.2) is 0 Å². The van der Waals surface area contributed by atoms with Gasteiger partial charge in [0.25, 0.3) is 0 Å². The van der Waals surface area contributed by atoms with Crippen LogP contribution in [0.5, 0.6) is 0 Å². The Hall–Kier alpha value is -1.08. The van der Waals surface area contributed by atoms with E-state index < -0.39 is 0 Å². The number of halogens is 4. The third kappa shape index (κ3) is 3.14. The van der Waals surface area contributed by atoms with Gasteiger partial charge in [-0.25, -0.2) is 9.97 Å². The van der Waals surface area contributed by atoms with Crippen molar-refractivity contribution >= 4 is 77.1 Å². The summed E-state index contributed by atoms with van der Waals surface area (Å²) in [4.78, 5) is 8.88. The molecule has 4 nitrogen and oxygen atoms in total. The molecule has 4 aromatic rings. The summed E-state index contributed by atoms with van der Waals surface area (Å²) in [6.45, 7) is 6.12. The highest BCUT2D eigenvalue weighted by molar-refractivity contribution is 9.13. The number of imidazole rings is 2. The van der Waals surface area contributed by atoms with Gasteiger partial charge in [-0.3, -0.25) is 0 Å². The fraction of sp³-hybridized carbons (Fsp3) is 0.364. The number of aryl methyl sites for hydroxylation is 6. The molecule has 0 saturated heterocycles. The molecule has 0 unspecified atom stereocenters. The van der Waals surface area contributed by atoms with Crippen molar-refractivity contribution in [2.24, 2.45) is 0 Å². The lowest BCUT2D eigenvalue weighted by atomic mass is 10.0. The Kier molecular flexibility index (Phi) is 5.41. The zero-order chi connectivity index (χ0) is 21.2. The summed E-state index contributed by atoms with van der Waals surface area (Å²) in [5, 5.41) is 1.24. The van der Waals surface area contributed by atoms with Crippen LogP contribution in [0.3, 0.4) is 0 Å². The second kappa shape index (κ2) is 7.80. The third-order valence-corrected chi connectivity index (χ3v) is 9.09. The molecular weight excluding hydrogens is 551 g/mol. The number of hydrogen-bond donors (Lipinski definition) is 0. The summed E-state index contributed by atoms with van der Waals surface area (Å²) in [7, 11) is 0. The topological polar surface area (TPSA) is 35.6 Å². The Labute approximate surface area is 201 Å². The van der Waals surface area contributed by atoms with E-state index in [1.807, 2.05) is 0 Å². The molecule has 0 amide bonds. The van der Waals surface area contributed by atoms with Crippen molar-refractivity contribution in [1.82, 2.24) is 19.1 Å². The molecule has 0 fully saturated rings. The minimum Gasteiger partial charge on any atom is -0.314 e. The Bertz CT molecular complexity index is 1320. The molecule has 2 aliphatic rings. The van der Waals surface area contributed by atoms with Gasteiger partial charge in [0.05, 0.1) is 22.1 Å². The SMILES string of the molecule is Cc1c(Br)c(Br)c2c3c1nc(Cl)n3CCC2.Cc1ccc2c3c1nc(Cl)n3CCC2. The summed E-state index contributed by atoms with van der Waals surface area (Å²) < 4.78 is 6.48. The minimum atomic E-state index is 0.601. The van der Waals surface area contributed by atoms with E-state index in [0.29, 0.717) is 10.6 Å². The van der Waals surface area contributed by atoms with E-state index in [1.54, 1.807) is 0 Å². The first kappa shape index (κ1) is 20.8. The van der Waals surface area contributed by atoms with Crippen LogP contribution in [0, 0.1) is 13.8 Å². The van der Waals surface area contributed by atoms with Gasteiger partial charge in [-0.15, -0.1) is 0 Å². The molecule has 30 heavy (non-hydrogen) atoms. The molecule has 8 heteroatoms. The fourth-order valence-corrected chi connectivity index (χ4v) is 6.20. The predicted molar refractivity (Wildman–Crippen MR) is 131 cm³/mol. The van der Waals surface area contributed by atoms with Gasteiger partial charge in [0.2, 0.25) is 10.6 Å². The second-order valence-electron chi connectivity index (χ2n) is 7.94. The molecule has 0 aliphatic carbocycles. The summed E-state index contributed by atoms with van der Waals surface area (Å²) in [6, 6.07) is 4.34.